The number of nitrogens with zero attached hydrogens (tertiary/aromatic N) is 2. The lowest BCUT2D eigenvalue weighted by Gasteiger charge is -2.10. The molecule has 1 N–H and O–H groups in total. The van der Waals surface area contributed by atoms with Crippen LogP contribution in [0.4, 0.5) is 13.2 Å². The number of halogens is 5. The number of benzene rings is 1. The molecule has 0 bridgehead atoms. The molecule has 2 rings (SSSR count). The van der Waals surface area contributed by atoms with Crippen molar-refractivity contribution in [1.29, 1.82) is 0 Å². The van der Waals surface area contributed by atoms with Crippen molar-refractivity contribution in [1.82, 2.24) is 4.98 Å². The van der Waals surface area contributed by atoms with Crippen LogP contribution in [0, 0.1) is 0 Å². The number of rotatable bonds is 2. The van der Waals surface area contributed by atoms with E-state index in [-0.39, 0.29) is 16.4 Å². The summed E-state index contributed by atoms with van der Waals surface area (Å²) in [5.74, 6) is 0. The minimum absolute atomic E-state index is 0.0506. The zero-order chi connectivity index (χ0) is 15.6. The smallest absolute Gasteiger partial charge is 0.410 e. The lowest BCUT2D eigenvalue weighted by atomic mass is 10.1. The molecule has 8 heteroatoms. The molecule has 1 aromatic carbocycles. The Morgan fingerprint density at radius 3 is 2.24 bits per heavy atom. The third kappa shape index (κ3) is 3.46. The molecule has 1 aromatic heterocycles. The maximum absolute atomic E-state index is 12.6. The van der Waals surface area contributed by atoms with Gasteiger partial charge in [0.25, 0.3) is 0 Å². The second kappa shape index (κ2) is 5.91. The van der Waals surface area contributed by atoms with E-state index in [0.29, 0.717) is 16.8 Å². The van der Waals surface area contributed by atoms with Crippen LogP contribution < -0.4 is 0 Å². The standard InChI is InChI=1S/C13H7Cl2F3N2O/c14-9-3-1-7(2-4-9)11(20-21)12-10(15)5-8(6-19-12)13(16,17)18/h1-6,21H. The summed E-state index contributed by atoms with van der Waals surface area (Å²) in [5.41, 5.74) is -0.680. The van der Waals surface area contributed by atoms with E-state index in [2.05, 4.69) is 10.1 Å². The van der Waals surface area contributed by atoms with E-state index in [1.165, 1.54) is 12.1 Å². The summed E-state index contributed by atoms with van der Waals surface area (Å²) >= 11 is 11.5. The van der Waals surface area contributed by atoms with Gasteiger partial charge in [-0.2, -0.15) is 13.2 Å². The Hall–Kier alpha value is -1.79. The molecule has 110 valence electrons. The van der Waals surface area contributed by atoms with Gasteiger partial charge in [0.2, 0.25) is 0 Å². The maximum atomic E-state index is 12.6. The van der Waals surface area contributed by atoms with Gasteiger partial charge in [0, 0.05) is 16.8 Å². The van der Waals surface area contributed by atoms with Crippen LogP contribution in [-0.4, -0.2) is 15.9 Å². The molecule has 0 fully saturated rings. The zero-order valence-corrected chi connectivity index (χ0v) is 11.7. The molecule has 0 aliphatic carbocycles. The summed E-state index contributed by atoms with van der Waals surface area (Å²) < 4.78 is 37.7. The van der Waals surface area contributed by atoms with E-state index in [4.69, 9.17) is 28.4 Å². The highest BCUT2D eigenvalue weighted by atomic mass is 35.5. The van der Waals surface area contributed by atoms with Crippen molar-refractivity contribution < 1.29 is 18.4 Å². The summed E-state index contributed by atoms with van der Waals surface area (Å²) in [5, 5.41) is 12.3. The van der Waals surface area contributed by atoms with E-state index in [1.807, 2.05) is 0 Å². The number of aromatic nitrogens is 1. The second-order valence-corrected chi connectivity index (χ2v) is 4.85. The monoisotopic (exact) mass is 334 g/mol. The molecule has 0 aliphatic rings. The lowest BCUT2D eigenvalue weighted by molar-refractivity contribution is -0.137. The summed E-state index contributed by atoms with van der Waals surface area (Å²) in [4.78, 5) is 3.64. The second-order valence-electron chi connectivity index (χ2n) is 4.01. The Balaban J connectivity index is 2.47. The fraction of sp³-hybridized carbons (Fsp3) is 0.0769. The molecule has 0 amide bonds. The fourth-order valence-electron chi connectivity index (χ4n) is 1.62. The van der Waals surface area contributed by atoms with Gasteiger partial charge in [-0.1, -0.05) is 40.5 Å². The Bertz CT molecular complexity index is 685. The highest BCUT2D eigenvalue weighted by Crippen LogP contribution is 2.31. The lowest BCUT2D eigenvalue weighted by Crippen LogP contribution is -2.11. The molecule has 0 radical (unpaired) electrons. The van der Waals surface area contributed by atoms with Gasteiger partial charge < -0.3 is 5.21 Å². The first-order valence-corrected chi connectivity index (χ1v) is 6.29. The Morgan fingerprint density at radius 1 is 1.14 bits per heavy atom. The fourth-order valence-corrected chi connectivity index (χ4v) is 2.00. The summed E-state index contributed by atoms with van der Waals surface area (Å²) in [7, 11) is 0. The van der Waals surface area contributed by atoms with Gasteiger partial charge in [0.05, 0.1) is 10.6 Å². The average Bonchev–Trinajstić information content (AvgIpc) is 2.42. The SMILES string of the molecule is ON=C(c1ccc(Cl)cc1)c1ncc(C(F)(F)F)cc1Cl. The predicted octanol–water partition coefficient (Wildman–Crippen LogP) is 4.63. The van der Waals surface area contributed by atoms with Crippen LogP contribution in [0.1, 0.15) is 16.8 Å². The largest absolute Gasteiger partial charge is 0.417 e. The molecule has 3 nitrogen and oxygen atoms in total. The number of hydrogen-bond donors (Lipinski definition) is 1. The molecule has 0 saturated heterocycles. The Kier molecular flexibility index (Phi) is 4.39. The number of hydrogen-bond acceptors (Lipinski definition) is 3. The van der Waals surface area contributed by atoms with E-state index in [9.17, 15) is 13.2 Å². The van der Waals surface area contributed by atoms with Crippen LogP contribution in [0.25, 0.3) is 0 Å². The topological polar surface area (TPSA) is 45.5 Å². The van der Waals surface area contributed by atoms with Crippen molar-refractivity contribution in [2.45, 2.75) is 6.18 Å². The van der Waals surface area contributed by atoms with Crippen molar-refractivity contribution in [2.75, 3.05) is 0 Å². The third-order valence-corrected chi connectivity index (χ3v) is 3.15. The minimum Gasteiger partial charge on any atom is -0.410 e. The maximum Gasteiger partial charge on any atom is 0.417 e. The van der Waals surface area contributed by atoms with Crippen LogP contribution in [0.15, 0.2) is 41.7 Å². The average molecular weight is 335 g/mol. The van der Waals surface area contributed by atoms with Crippen molar-refractivity contribution in [3.8, 4) is 0 Å². The summed E-state index contributed by atoms with van der Waals surface area (Å²) in [6.07, 6.45) is -3.92. The van der Waals surface area contributed by atoms with Gasteiger partial charge >= 0.3 is 6.18 Å². The Labute approximate surface area is 127 Å². The summed E-state index contributed by atoms with van der Waals surface area (Å²) in [6, 6.07) is 6.88. The van der Waals surface area contributed by atoms with Crippen molar-refractivity contribution in [3.63, 3.8) is 0 Å². The van der Waals surface area contributed by atoms with E-state index in [1.54, 1.807) is 12.1 Å². The first-order chi connectivity index (χ1) is 9.82. The molecule has 0 aliphatic heterocycles. The van der Waals surface area contributed by atoms with Gasteiger partial charge in [-0.15, -0.1) is 0 Å². The molecule has 21 heavy (non-hydrogen) atoms. The van der Waals surface area contributed by atoms with E-state index < -0.39 is 11.7 Å². The van der Waals surface area contributed by atoms with Gasteiger partial charge in [0.15, 0.2) is 0 Å². The molecule has 1 heterocycles. The van der Waals surface area contributed by atoms with Gasteiger partial charge in [-0.05, 0) is 18.2 Å². The normalized spacial score (nSPS) is 12.5. The number of oxime groups is 1. The van der Waals surface area contributed by atoms with Crippen LogP contribution in [-0.2, 0) is 6.18 Å². The van der Waals surface area contributed by atoms with Crippen LogP contribution >= 0.6 is 23.2 Å². The number of alkyl halides is 3. The third-order valence-electron chi connectivity index (χ3n) is 2.61. The van der Waals surface area contributed by atoms with Crippen LogP contribution in [0.5, 0.6) is 0 Å². The highest BCUT2D eigenvalue weighted by molar-refractivity contribution is 6.35. The number of pyridine rings is 1. The first-order valence-electron chi connectivity index (χ1n) is 5.54. The molecule has 0 atom stereocenters. The minimum atomic E-state index is -4.55. The van der Waals surface area contributed by atoms with E-state index in [0.717, 1.165) is 6.07 Å². The van der Waals surface area contributed by atoms with Gasteiger partial charge in [0.1, 0.15) is 11.4 Å². The van der Waals surface area contributed by atoms with Crippen molar-refractivity contribution >= 4 is 28.9 Å². The molecular formula is C13H7Cl2F3N2O. The molecular weight excluding hydrogens is 328 g/mol. The quantitative estimate of drug-likeness (QED) is 0.494. The summed E-state index contributed by atoms with van der Waals surface area (Å²) in [6.45, 7) is 0. The predicted molar refractivity (Wildman–Crippen MR) is 73.1 cm³/mol. The zero-order valence-electron chi connectivity index (χ0n) is 10.2. The van der Waals surface area contributed by atoms with Gasteiger partial charge in [-0.25, -0.2) is 0 Å². The van der Waals surface area contributed by atoms with Crippen molar-refractivity contribution in [3.05, 3.63) is 63.4 Å². The molecule has 0 unspecified atom stereocenters. The van der Waals surface area contributed by atoms with Gasteiger partial charge in [-0.3, -0.25) is 4.98 Å². The van der Waals surface area contributed by atoms with Crippen molar-refractivity contribution in [2.24, 2.45) is 5.16 Å². The highest BCUT2D eigenvalue weighted by Gasteiger charge is 2.32. The molecule has 2 aromatic rings. The van der Waals surface area contributed by atoms with E-state index >= 15 is 0 Å². The molecule has 0 saturated carbocycles. The Morgan fingerprint density at radius 2 is 1.76 bits per heavy atom. The first kappa shape index (κ1) is 15.6. The van der Waals surface area contributed by atoms with Crippen LogP contribution in [0.2, 0.25) is 10.0 Å². The van der Waals surface area contributed by atoms with Crippen LogP contribution in [0.3, 0.4) is 0 Å². The molecule has 0 spiro atoms.